The normalized spacial score (nSPS) is 21.9. The van der Waals surface area contributed by atoms with Crippen molar-refractivity contribution < 1.29 is 14.1 Å². The second-order valence-electron chi connectivity index (χ2n) is 7.47. The number of aromatic nitrogens is 1. The number of carbonyl (C=O) groups is 2. The molecule has 0 radical (unpaired) electrons. The van der Waals surface area contributed by atoms with Crippen molar-refractivity contribution >= 4 is 34.1 Å². The van der Waals surface area contributed by atoms with Crippen LogP contribution in [0.4, 0.5) is 0 Å². The molecule has 2 amide bonds. The van der Waals surface area contributed by atoms with Crippen LogP contribution in [0.1, 0.15) is 22.9 Å². The molecule has 0 N–H and O–H groups in total. The van der Waals surface area contributed by atoms with Crippen LogP contribution in [0.15, 0.2) is 46.3 Å². The summed E-state index contributed by atoms with van der Waals surface area (Å²) in [6.07, 6.45) is 1.19. The van der Waals surface area contributed by atoms with Gasteiger partial charge in [-0.2, -0.15) is 0 Å². The molecule has 3 heterocycles. The lowest BCUT2D eigenvalue weighted by molar-refractivity contribution is -0.140. The first-order chi connectivity index (χ1) is 13.7. The van der Waals surface area contributed by atoms with Gasteiger partial charge in [0.25, 0.3) is 0 Å². The Balaban J connectivity index is 1.16. The van der Waals surface area contributed by atoms with Crippen molar-refractivity contribution in [2.24, 2.45) is 5.92 Å². The maximum Gasteiger partial charge on any atom is 0.228 e. The number of hydrogen-bond donors (Lipinski definition) is 0. The highest BCUT2D eigenvalue weighted by Crippen LogP contribution is 2.50. The molecule has 2 aliphatic rings. The first-order valence-electron chi connectivity index (χ1n) is 9.64. The van der Waals surface area contributed by atoms with E-state index in [-0.39, 0.29) is 24.2 Å². The minimum Gasteiger partial charge on any atom is -0.356 e. The number of nitrogens with zero attached hydrogens (tertiary/aromatic N) is 3. The van der Waals surface area contributed by atoms with Gasteiger partial charge < -0.3 is 14.3 Å². The van der Waals surface area contributed by atoms with Crippen LogP contribution in [0.25, 0.3) is 11.0 Å². The Bertz CT molecular complexity index is 1010. The Morgan fingerprint density at radius 3 is 2.64 bits per heavy atom. The minimum atomic E-state index is 0.0361. The van der Waals surface area contributed by atoms with Crippen molar-refractivity contribution in [1.82, 2.24) is 15.0 Å². The zero-order valence-electron chi connectivity index (χ0n) is 15.4. The van der Waals surface area contributed by atoms with Crippen molar-refractivity contribution in [2.75, 3.05) is 26.2 Å². The molecule has 2 fully saturated rings. The number of benzene rings is 1. The maximum atomic E-state index is 12.7. The minimum absolute atomic E-state index is 0.0361. The van der Waals surface area contributed by atoms with Gasteiger partial charge in [-0.3, -0.25) is 9.59 Å². The number of piperazine rings is 1. The average molecular weight is 395 g/mol. The van der Waals surface area contributed by atoms with Crippen LogP contribution in [-0.2, 0) is 16.0 Å². The lowest BCUT2D eigenvalue weighted by atomic mass is 10.1. The van der Waals surface area contributed by atoms with Gasteiger partial charge in [-0.1, -0.05) is 23.4 Å². The first-order valence-corrected chi connectivity index (χ1v) is 10.5. The molecule has 2 atom stereocenters. The molecule has 6 nitrogen and oxygen atoms in total. The standard InChI is InChI=1S/C21H21N3O3S/c25-20(13-17-14-4-1-2-5-18(14)27-22-17)23-7-9-24(10-8-23)21(26)16-12-15(16)19-6-3-11-28-19/h1-6,11,15-16H,7-10,12-13H2. The molecule has 5 rings (SSSR count). The number of hydrogen-bond acceptors (Lipinski definition) is 5. The molecule has 1 aliphatic heterocycles. The number of para-hydroxylation sites is 1. The Morgan fingerprint density at radius 2 is 1.86 bits per heavy atom. The van der Waals surface area contributed by atoms with Crippen molar-refractivity contribution in [3.8, 4) is 0 Å². The van der Waals surface area contributed by atoms with Gasteiger partial charge in [0.2, 0.25) is 11.8 Å². The third-order valence-corrected chi connectivity index (χ3v) is 6.74. The zero-order chi connectivity index (χ0) is 19.1. The molecule has 2 aromatic heterocycles. The van der Waals surface area contributed by atoms with Crippen LogP contribution in [0, 0.1) is 5.92 Å². The molecule has 1 aromatic carbocycles. The smallest absolute Gasteiger partial charge is 0.228 e. The number of thiophene rings is 1. The van der Waals surface area contributed by atoms with E-state index in [0.29, 0.717) is 43.4 Å². The van der Waals surface area contributed by atoms with E-state index >= 15 is 0 Å². The van der Waals surface area contributed by atoms with Crippen molar-refractivity contribution in [1.29, 1.82) is 0 Å². The van der Waals surface area contributed by atoms with Crippen molar-refractivity contribution in [3.05, 3.63) is 52.3 Å². The molecular formula is C21H21N3O3S. The Kier molecular flexibility index (Phi) is 4.39. The van der Waals surface area contributed by atoms with Crippen molar-refractivity contribution in [3.63, 3.8) is 0 Å². The highest BCUT2D eigenvalue weighted by atomic mass is 32.1. The van der Waals surface area contributed by atoms with Crippen molar-refractivity contribution in [2.45, 2.75) is 18.8 Å². The monoisotopic (exact) mass is 395 g/mol. The number of amides is 2. The fourth-order valence-electron chi connectivity index (χ4n) is 4.02. The predicted octanol–water partition coefficient (Wildman–Crippen LogP) is 2.91. The molecule has 0 bridgehead atoms. The summed E-state index contributed by atoms with van der Waals surface area (Å²) >= 11 is 1.73. The lowest BCUT2D eigenvalue weighted by Crippen LogP contribution is -2.51. The number of fused-ring (bicyclic) bond motifs is 1. The zero-order valence-corrected chi connectivity index (χ0v) is 16.2. The summed E-state index contributed by atoms with van der Waals surface area (Å²) in [6.45, 7) is 2.38. The van der Waals surface area contributed by atoms with Gasteiger partial charge in [0.15, 0.2) is 5.58 Å². The summed E-state index contributed by atoms with van der Waals surface area (Å²) in [5, 5.41) is 7.01. The van der Waals surface area contributed by atoms with E-state index in [1.807, 2.05) is 40.1 Å². The van der Waals surface area contributed by atoms with Crippen LogP contribution in [0.5, 0.6) is 0 Å². The third-order valence-electron chi connectivity index (χ3n) is 5.73. The molecule has 144 valence electrons. The highest BCUT2D eigenvalue weighted by Gasteiger charge is 2.46. The third kappa shape index (κ3) is 3.20. The van der Waals surface area contributed by atoms with E-state index in [1.165, 1.54) is 4.88 Å². The first kappa shape index (κ1) is 17.4. The second-order valence-corrected chi connectivity index (χ2v) is 8.45. The highest BCUT2D eigenvalue weighted by molar-refractivity contribution is 7.10. The fraction of sp³-hybridized carbons (Fsp3) is 0.381. The molecule has 28 heavy (non-hydrogen) atoms. The average Bonchev–Trinajstić information content (AvgIpc) is 3.14. The van der Waals surface area contributed by atoms with Gasteiger partial charge in [0.1, 0.15) is 5.69 Å². The van der Waals surface area contributed by atoms with Crippen LogP contribution in [-0.4, -0.2) is 52.9 Å². The Morgan fingerprint density at radius 1 is 1.07 bits per heavy atom. The van der Waals surface area contributed by atoms with Crippen LogP contribution >= 0.6 is 11.3 Å². The fourth-order valence-corrected chi connectivity index (χ4v) is 4.92. The van der Waals surface area contributed by atoms with Gasteiger partial charge in [-0.15, -0.1) is 11.3 Å². The summed E-state index contributed by atoms with van der Waals surface area (Å²) < 4.78 is 5.29. The summed E-state index contributed by atoms with van der Waals surface area (Å²) in [5.41, 5.74) is 1.38. The Hall–Kier alpha value is -2.67. The molecule has 1 saturated carbocycles. The summed E-state index contributed by atoms with van der Waals surface area (Å²) in [6, 6.07) is 11.7. The van der Waals surface area contributed by atoms with Crippen LogP contribution < -0.4 is 0 Å². The van der Waals surface area contributed by atoms with Gasteiger partial charge >= 0.3 is 0 Å². The van der Waals surface area contributed by atoms with E-state index < -0.39 is 0 Å². The van der Waals surface area contributed by atoms with E-state index in [4.69, 9.17) is 4.52 Å². The van der Waals surface area contributed by atoms with E-state index in [1.54, 1.807) is 11.3 Å². The van der Waals surface area contributed by atoms with Gasteiger partial charge in [0.05, 0.1) is 6.42 Å². The lowest BCUT2D eigenvalue weighted by Gasteiger charge is -2.35. The Labute approximate surface area is 166 Å². The molecule has 3 aromatic rings. The molecule has 1 aliphatic carbocycles. The molecule has 1 saturated heterocycles. The molecule has 2 unspecified atom stereocenters. The summed E-state index contributed by atoms with van der Waals surface area (Å²) in [5.74, 6) is 0.803. The summed E-state index contributed by atoms with van der Waals surface area (Å²) in [4.78, 5) is 30.5. The molecule has 0 spiro atoms. The number of carbonyl (C=O) groups excluding carboxylic acids is 2. The summed E-state index contributed by atoms with van der Waals surface area (Å²) in [7, 11) is 0. The SMILES string of the molecule is O=C(Cc1noc2ccccc12)N1CCN(C(=O)C2CC2c2cccs2)CC1. The van der Waals surface area contributed by atoms with Gasteiger partial charge in [-0.05, 0) is 30.0 Å². The molecule has 7 heteroatoms. The largest absolute Gasteiger partial charge is 0.356 e. The molecular weight excluding hydrogens is 374 g/mol. The topological polar surface area (TPSA) is 66.7 Å². The second kappa shape index (κ2) is 7.05. The maximum absolute atomic E-state index is 12.7. The van der Waals surface area contributed by atoms with Crippen LogP contribution in [0.3, 0.4) is 0 Å². The van der Waals surface area contributed by atoms with Gasteiger partial charge in [-0.25, -0.2) is 0 Å². The van der Waals surface area contributed by atoms with E-state index in [0.717, 1.165) is 11.8 Å². The number of rotatable bonds is 4. The van der Waals surface area contributed by atoms with E-state index in [9.17, 15) is 9.59 Å². The predicted molar refractivity (Wildman–Crippen MR) is 106 cm³/mol. The van der Waals surface area contributed by atoms with Gasteiger partial charge in [0, 0.05) is 48.3 Å². The quantitative estimate of drug-likeness (QED) is 0.681. The van der Waals surface area contributed by atoms with E-state index in [2.05, 4.69) is 16.6 Å². The van der Waals surface area contributed by atoms with Crippen LogP contribution in [0.2, 0.25) is 0 Å².